The first-order chi connectivity index (χ1) is 19.1. The van der Waals surface area contributed by atoms with Crippen LogP contribution in [0.4, 0.5) is 17.6 Å². The van der Waals surface area contributed by atoms with Crippen LogP contribution in [-0.2, 0) is 15.8 Å². The van der Waals surface area contributed by atoms with Crippen LogP contribution in [0.15, 0.2) is 48.8 Å². The maximum Gasteiger partial charge on any atom is 0.424 e. The highest BCUT2D eigenvalue weighted by atomic mass is 35.5. The number of carbonyl (C=O) groups excluding carboxylic acids is 2. The highest BCUT2D eigenvalue weighted by molar-refractivity contribution is 6.33. The van der Waals surface area contributed by atoms with Crippen molar-refractivity contribution in [1.82, 2.24) is 19.7 Å². The molecule has 9 nitrogen and oxygen atoms in total. The number of hydrogen-bond acceptors (Lipinski definition) is 6. The zero-order valence-corrected chi connectivity index (χ0v) is 22.3. The molecule has 0 bridgehead atoms. The normalized spacial score (nSPS) is 18.0. The number of ether oxygens (including phenoxy) is 1. The lowest BCUT2D eigenvalue weighted by molar-refractivity contribution is -0.265. The van der Waals surface area contributed by atoms with E-state index in [0.717, 1.165) is 18.2 Å². The summed E-state index contributed by atoms with van der Waals surface area (Å²) in [6.45, 7) is 1.43. The molecular weight excluding hydrogens is 570 g/mol. The Kier molecular flexibility index (Phi) is 6.70. The number of nitrogens with two attached hydrogens (primary N) is 1. The Morgan fingerprint density at radius 1 is 1.20 bits per heavy atom. The number of aliphatic hydroxyl groups is 1. The van der Waals surface area contributed by atoms with E-state index in [1.807, 2.05) is 0 Å². The van der Waals surface area contributed by atoms with Gasteiger partial charge in [0.15, 0.2) is 5.65 Å². The van der Waals surface area contributed by atoms with Crippen molar-refractivity contribution in [3.8, 4) is 17.0 Å². The Balaban J connectivity index is 1.59. The van der Waals surface area contributed by atoms with Crippen LogP contribution in [-0.4, -0.2) is 50.6 Å². The molecule has 0 unspecified atom stereocenters. The lowest BCUT2D eigenvalue weighted by Crippen LogP contribution is -2.51. The number of nitrogens with one attached hydrogen (secondary N) is 1. The average molecular weight is 592 g/mol. The predicted octanol–water partition coefficient (Wildman–Crippen LogP) is 3.81. The van der Waals surface area contributed by atoms with Crippen LogP contribution in [0.25, 0.3) is 16.9 Å². The summed E-state index contributed by atoms with van der Waals surface area (Å²) in [4.78, 5) is 33.5. The fourth-order valence-electron chi connectivity index (χ4n) is 4.55. The third-order valence-corrected chi connectivity index (χ3v) is 7.30. The molecule has 5 rings (SSSR count). The molecule has 0 saturated carbocycles. The highest BCUT2D eigenvalue weighted by Crippen LogP contribution is 2.47. The molecule has 4 aromatic rings. The van der Waals surface area contributed by atoms with Crippen LogP contribution in [0.2, 0.25) is 5.02 Å². The molecule has 4 N–H and O–H groups in total. The van der Waals surface area contributed by atoms with E-state index in [9.17, 15) is 32.3 Å². The van der Waals surface area contributed by atoms with Gasteiger partial charge in [0.2, 0.25) is 11.5 Å². The number of hydrogen-bond donors (Lipinski definition) is 3. The summed E-state index contributed by atoms with van der Waals surface area (Å²) in [5.74, 6) is -2.49. The lowest BCUT2D eigenvalue weighted by atomic mass is 9.81. The van der Waals surface area contributed by atoms with Crippen molar-refractivity contribution in [3.05, 3.63) is 82.1 Å². The van der Waals surface area contributed by atoms with E-state index in [0.29, 0.717) is 11.3 Å². The van der Waals surface area contributed by atoms with Gasteiger partial charge in [-0.15, -0.1) is 0 Å². The molecule has 4 heterocycles. The largest absolute Gasteiger partial charge is 0.489 e. The van der Waals surface area contributed by atoms with E-state index in [4.69, 9.17) is 22.1 Å². The first-order valence-electron chi connectivity index (χ1n) is 12.1. The Bertz CT molecular complexity index is 1710. The summed E-state index contributed by atoms with van der Waals surface area (Å²) in [6, 6.07) is 6.78. The molecule has 1 aliphatic heterocycles. The van der Waals surface area contributed by atoms with E-state index >= 15 is 0 Å². The molecule has 0 saturated heterocycles. The van der Waals surface area contributed by atoms with Gasteiger partial charge in [0.25, 0.3) is 5.91 Å². The summed E-state index contributed by atoms with van der Waals surface area (Å²) in [5.41, 5.74) is 0.141. The Morgan fingerprint density at radius 2 is 1.88 bits per heavy atom. The van der Waals surface area contributed by atoms with Crippen LogP contribution >= 0.6 is 11.6 Å². The first kappa shape index (κ1) is 28.3. The van der Waals surface area contributed by atoms with Gasteiger partial charge in [-0.05, 0) is 50.2 Å². The fraction of sp³-hybridized carbons (Fsp3) is 0.259. The van der Waals surface area contributed by atoms with Crippen molar-refractivity contribution in [2.75, 3.05) is 13.2 Å². The second-order valence-electron chi connectivity index (χ2n) is 9.96. The monoisotopic (exact) mass is 591 g/mol. The molecule has 214 valence electrons. The van der Waals surface area contributed by atoms with E-state index in [1.54, 1.807) is 13.1 Å². The van der Waals surface area contributed by atoms with Crippen molar-refractivity contribution < 1.29 is 37.0 Å². The van der Waals surface area contributed by atoms with Gasteiger partial charge in [-0.3, -0.25) is 9.59 Å². The second kappa shape index (κ2) is 9.70. The van der Waals surface area contributed by atoms with Gasteiger partial charge in [0.05, 0.1) is 28.5 Å². The molecule has 41 heavy (non-hydrogen) atoms. The molecule has 1 aromatic carbocycles. The molecular formula is C27H22ClF4N5O4. The van der Waals surface area contributed by atoms with Crippen LogP contribution in [0.5, 0.6) is 5.75 Å². The number of aryl methyl sites for hydroxylation is 1. The average Bonchev–Trinajstić information content (AvgIpc) is 3.46. The minimum atomic E-state index is -5.35. The topological polar surface area (TPSA) is 132 Å². The molecule has 2 atom stereocenters. The first-order valence-corrected chi connectivity index (χ1v) is 12.5. The number of primary amides is 1. The number of halogens is 5. The summed E-state index contributed by atoms with van der Waals surface area (Å²) >= 11 is 6.19. The zero-order chi connectivity index (χ0) is 29.9. The van der Waals surface area contributed by atoms with Crippen LogP contribution in [0.3, 0.4) is 0 Å². The maximum absolute atomic E-state index is 14.6. The third kappa shape index (κ3) is 4.74. The van der Waals surface area contributed by atoms with Gasteiger partial charge in [0, 0.05) is 23.5 Å². The SMILES string of the molecule is Cc1cn2cc(C(=O)NC[C@](O)(c3cc4c(c(-c5ccc(F)cc5)n3)OC[C@]4(C)C(N)=O)C(F)(F)F)cc(Cl)c2n1. The number of aromatic nitrogens is 3. The van der Waals surface area contributed by atoms with Gasteiger partial charge in [-0.25, -0.2) is 14.4 Å². The predicted molar refractivity (Wildman–Crippen MR) is 139 cm³/mol. The van der Waals surface area contributed by atoms with E-state index in [2.05, 4.69) is 15.3 Å². The van der Waals surface area contributed by atoms with Crippen molar-refractivity contribution >= 4 is 29.1 Å². The summed E-state index contributed by atoms with van der Waals surface area (Å²) in [7, 11) is 0. The Morgan fingerprint density at radius 3 is 2.51 bits per heavy atom. The van der Waals surface area contributed by atoms with Gasteiger partial charge < -0.3 is 25.3 Å². The van der Waals surface area contributed by atoms with E-state index in [1.165, 1.54) is 35.7 Å². The van der Waals surface area contributed by atoms with E-state index in [-0.39, 0.29) is 39.8 Å². The number of fused-ring (bicyclic) bond motifs is 2. The molecule has 1 aliphatic rings. The number of imidazole rings is 1. The van der Waals surface area contributed by atoms with E-state index < -0.39 is 47.1 Å². The number of alkyl halides is 3. The number of amides is 2. The van der Waals surface area contributed by atoms with Crippen molar-refractivity contribution in [1.29, 1.82) is 0 Å². The smallest absolute Gasteiger partial charge is 0.424 e. The van der Waals surface area contributed by atoms with Crippen LogP contribution in [0.1, 0.15) is 34.2 Å². The lowest BCUT2D eigenvalue weighted by Gasteiger charge is -2.31. The molecule has 0 radical (unpaired) electrons. The second-order valence-corrected chi connectivity index (χ2v) is 10.4. The fourth-order valence-corrected chi connectivity index (χ4v) is 4.81. The van der Waals surface area contributed by atoms with Gasteiger partial charge in [-0.2, -0.15) is 13.2 Å². The van der Waals surface area contributed by atoms with Gasteiger partial charge in [0.1, 0.15) is 29.3 Å². The van der Waals surface area contributed by atoms with Crippen LogP contribution < -0.4 is 15.8 Å². The van der Waals surface area contributed by atoms with Gasteiger partial charge in [-0.1, -0.05) is 11.6 Å². The molecule has 0 spiro atoms. The van der Waals surface area contributed by atoms with Crippen molar-refractivity contribution in [3.63, 3.8) is 0 Å². The minimum absolute atomic E-state index is 0.0335. The summed E-state index contributed by atoms with van der Waals surface area (Å²) in [5, 5.41) is 13.3. The summed E-state index contributed by atoms with van der Waals surface area (Å²) < 4.78 is 64.4. The highest BCUT2D eigenvalue weighted by Gasteiger charge is 2.57. The third-order valence-electron chi connectivity index (χ3n) is 7.02. The molecule has 2 amide bonds. The number of nitrogens with zero attached hydrogens (tertiary/aromatic N) is 3. The quantitative estimate of drug-likeness (QED) is 0.292. The maximum atomic E-state index is 14.6. The molecule has 0 fully saturated rings. The number of benzene rings is 1. The molecule has 14 heteroatoms. The minimum Gasteiger partial charge on any atom is -0.489 e. The van der Waals surface area contributed by atoms with Gasteiger partial charge >= 0.3 is 6.18 Å². The molecule has 0 aliphatic carbocycles. The van der Waals surface area contributed by atoms with Crippen molar-refractivity contribution in [2.45, 2.75) is 31.0 Å². The standard InChI is InChI=1S/C27H22ClF4N5O4/c1-13-9-37-10-15(7-18(28)22(37)35-13)23(38)34-11-26(40,27(30,31)32)19-8-17-21(41-12-25(17,2)24(33)39)20(36-19)14-3-5-16(29)6-4-14/h3-10,40H,11-12H2,1-2H3,(H2,33,39)(H,34,38)/t25-,26-/m0/s1. The summed E-state index contributed by atoms with van der Waals surface area (Å²) in [6.07, 6.45) is -2.44. The Hall–Kier alpha value is -4.23. The van der Waals surface area contributed by atoms with Crippen molar-refractivity contribution in [2.24, 2.45) is 5.73 Å². The molecule has 3 aromatic heterocycles. The number of carbonyl (C=O) groups is 2. The number of rotatable bonds is 6. The van der Waals surface area contributed by atoms with Crippen LogP contribution in [0, 0.1) is 12.7 Å². The Labute approximate surface area is 234 Å². The number of pyridine rings is 2. The zero-order valence-electron chi connectivity index (χ0n) is 21.5.